The Morgan fingerprint density at radius 2 is 1.54 bits per heavy atom. The summed E-state index contributed by atoms with van der Waals surface area (Å²) in [7, 11) is 0. The summed E-state index contributed by atoms with van der Waals surface area (Å²) in [6.45, 7) is 21.6. The van der Waals surface area contributed by atoms with Crippen LogP contribution < -0.4 is 5.32 Å². The molecular formula is C22H43NO. The zero-order chi connectivity index (χ0) is 18.8. The van der Waals surface area contributed by atoms with E-state index in [-0.39, 0.29) is 27.7 Å². The van der Waals surface area contributed by atoms with Crippen molar-refractivity contribution in [1.29, 1.82) is 0 Å². The summed E-state index contributed by atoms with van der Waals surface area (Å²) in [5.41, 5.74) is 0.664. The van der Waals surface area contributed by atoms with Crippen molar-refractivity contribution in [3.05, 3.63) is 0 Å². The van der Waals surface area contributed by atoms with E-state index in [0.29, 0.717) is 5.78 Å². The Hall–Kier alpha value is -0.370. The molecule has 0 bridgehead atoms. The molecule has 2 heteroatoms. The molecule has 1 aliphatic heterocycles. The van der Waals surface area contributed by atoms with Crippen molar-refractivity contribution in [2.75, 3.05) is 6.54 Å². The average Bonchev–Trinajstić information content (AvgIpc) is 2.49. The van der Waals surface area contributed by atoms with E-state index in [1.165, 1.54) is 6.42 Å². The van der Waals surface area contributed by atoms with Crippen LogP contribution in [0.2, 0.25) is 0 Å². The number of carbonyl (C=O) groups excluding carboxylic acids is 1. The second-order valence-electron chi connectivity index (χ2n) is 10.3. The summed E-state index contributed by atoms with van der Waals surface area (Å²) >= 11 is 0. The van der Waals surface area contributed by atoms with Gasteiger partial charge in [-0.3, -0.25) is 4.79 Å². The van der Waals surface area contributed by atoms with Crippen LogP contribution in [0.3, 0.4) is 0 Å². The third kappa shape index (κ3) is 5.07. The van der Waals surface area contributed by atoms with Crippen LogP contribution in [0.1, 0.15) is 101 Å². The van der Waals surface area contributed by atoms with Crippen molar-refractivity contribution in [3.8, 4) is 0 Å². The highest BCUT2D eigenvalue weighted by molar-refractivity contribution is 5.79. The molecule has 1 aliphatic rings. The molecule has 1 heterocycles. The summed E-state index contributed by atoms with van der Waals surface area (Å²) < 4.78 is 0. The third-order valence-corrected chi connectivity index (χ3v) is 7.16. The molecular weight excluding hydrogens is 294 g/mol. The van der Waals surface area contributed by atoms with E-state index in [4.69, 9.17) is 0 Å². The molecule has 142 valence electrons. The van der Waals surface area contributed by atoms with Crippen LogP contribution in [0.25, 0.3) is 0 Å². The Kier molecular flexibility index (Phi) is 6.75. The fourth-order valence-electron chi connectivity index (χ4n) is 5.08. The largest absolute Gasteiger partial charge is 0.311 e. The number of hydrogen-bond acceptors (Lipinski definition) is 2. The Morgan fingerprint density at radius 1 is 0.958 bits per heavy atom. The van der Waals surface area contributed by atoms with E-state index in [9.17, 15) is 4.79 Å². The first-order valence-corrected chi connectivity index (χ1v) is 10.1. The highest BCUT2D eigenvalue weighted by Crippen LogP contribution is 2.50. The lowest BCUT2D eigenvalue weighted by atomic mass is 9.58. The maximum atomic E-state index is 12.7. The van der Waals surface area contributed by atoms with Gasteiger partial charge in [-0.15, -0.1) is 0 Å². The van der Waals surface area contributed by atoms with Gasteiger partial charge >= 0.3 is 0 Å². The van der Waals surface area contributed by atoms with Crippen LogP contribution in [0.4, 0.5) is 0 Å². The van der Waals surface area contributed by atoms with E-state index >= 15 is 0 Å². The van der Waals surface area contributed by atoms with Gasteiger partial charge in [0.1, 0.15) is 5.78 Å². The quantitative estimate of drug-likeness (QED) is 0.682. The van der Waals surface area contributed by atoms with E-state index in [2.05, 4.69) is 60.7 Å². The first kappa shape index (κ1) is 21.7. The molecule has 1 unspecified atom stereocenters. The van der Waals surface area contributed by atoms with Gasteiger partial charge < -0.3 is 5.32 Å². The van der Waals surface area contributed by atoms with Crippen molar-refractivity contribution >= 4 is 5.78 Å². The van der Waals surface area contributed by atoms with E-state index in [1.807, 2.05) is 6.92 Å². The zero-order valence-corrected chi connectivity index (χ0v) is 17.9. The van der Waals surface area contributed by atoms with E-state index in [1.54, 1.807) is 0 Å². The van der Waals surface area contributed by atoms with Crippen LogP contribution in [-0.2, 0) is 4.79 Å². The lowest BCUT2D eigenvalue weighted by molar-refractivity contribution is -0.128. The van der Waals surface area contributed by atoms with Gasteiger partial charge in [0.25, 0.3) is 0 Å². The molecule has 2 nitrogen and oxygen atoms in total. The van der Waals surface area contributed by atoms with E-state index < -0.39 is 0 Å². The molecule has 4 atom stereocenters. The van der Waals surface area contributed by atoms with Gasteiger partial charge in [-0.1, -0.05) is 54.9 Å². The summed E-state index contributed by atoms with van der Waals surface area (Å²) in [6.07, 6.45) is 6.60. The molecule has 1 saturated heterocycles. The topological polar surface area (TPSA) is 29.1 Å². The molecule has 0 radical (unpaired) electrons. The molecule has 0 aliphatic carbocycles. The Morgan fingerprint density at radius 3 is 1.96 bits per heavy atom. The van der Waals surface area contributed by atoms with Gasteiger partial charge in [-0.05, 0) is 62.2 Å². The summed E-state index contributed by atoms with van der Waals surface area (Å²) in [5.74, 6) is 0.546. The number of hydrogen-bond donors (Lipinski definition) is 1. The summed E-state index contributed by atoms with van der Waals surface area (Å²) in [5, 5.41) is 3.91. The predicted molar refractivity (Wildman–Crippen MR) is 105 cm³/mol. The van der Waals surface area contributed by atoms with Gasteiger partial charge in [0, 0.05) is 18.0 Å². The molecule has 0 amide bonds. The lowest BCUT2D eigenvalue weighted by Gasteiger charge is -2.50. The molecule has 1 rings (SSSR count). The number of ketones is 1. The number of rotatable bonds is 4. The van der Waals surface area contributed by atoms with Crippen LogP contribution in [0.15, 0.2) is 0 Å². The average molecular weight is 338 g/mol. The SMILES string of the molecule is CC[C@]1(C)CC(C(C)=O)[C@](C)(CC)C[C@](C)(CC)NCC(C)(C)C1. The molecule has 1 fully saturated rings. The molecule has 1 N–H and O–H groups in total. The monoisotopic (exact) mass is 337 g/mol. The maximum Gasteiger partial charge on any atom is 0.133 e. The molecule has 24 heavy (non-hydrogen) atoms. The lowest BCUT2D eigenvalue weighted by Crippen LogP contribution is -2.53. The Balaban J connectivity index is 3.37. The highest BCUT2D eigenvalue weighted by atomic mass is 16.1. The maximum absolute atomic E-state index is 12.7. The van der Waals surface area contributed by atoms with Crippen LogP contribution in [0.5, 0.6) is 0 Å². The zero-order valence-electron chi connectivity index (χ0n) is 17.9. The number of carbonyl (C=O) groups is 1. The second-order valence-corrected chi connectivity index (χ2v) is 10.3. The molecule has 0 saturated carbocycles. The van der Waals surface area contributed by atoms with Crippen LogP contribution >= 0.6 is 0 Å². The van der Waals surface area contributed by atoms with Gasteiger partial charge in [0.2, 0.25) is 0 Å². The molecule has 0 aromatic carbocycles. The van der Waals surface area contributed by atoms with Crippen LogP contribution in [0, 0.1) is 22.2 Å². The summed E-state index contributed by atoms with van der Waals surface area (Å²) in [4.78, 5) is 12.7. The minimum atomic E-state index is 0.0709. The highest BCUT2D eigenvalue weighted by Gasteiger charge is 2.46. The minimum absolute atomic E-state index is 0.0709. The number of Topliss-reactive ketones (excluding diaryl/α,β-unsaturated/α-hetero) is 1. The van der Waals surface area contributed by atoms with Gasteiger partial charge in [0.15, 0.2) is 0 Å². The third-order valence-electron chi connectivity index (χ3n) is 7.16. The fraction of sp³-hybridized carbons (Fsp3) is 0.955. The van der Waals surface area contributed by atoms with Crippen molar-refractivity contribution in [2.45, 2.75) is 106 Å². The fourth-order valence-corrected chi connectivity index (χ4v) is 5.08. The van der Waals surface area contributed by atoms with Gasteiger partial charge in [0.05, 0.1) is 0 Å². The predicted octanol–water partition coefficient (Wildman–Crippen LogP) is 5.99. The van der Waals surface area contributed by atoms with Crippen molar-refractivity contribution < 1.29 is 4.79 Å². The second kappa shape index (κ2) is 7.48. The standard InChI is InChI=1S/C22H43NO/c1-10-20(7)13-18(17(4)24)21(8,11-2)15-22(9,12-3)23-16-19(5,6)14-20/h18,23H,10-16H2,1-9H3/t18?,20-,21-,22+/m1/s1. The molecule has 0 aromatic rings. The van der Waals surface area contributed by atoms with Crippen molar-refractivity contribution in [1.82, 2.24) is 5.32 Å². The molecule has 0 spiro atoms. The van der Waals surface area contributed by atoms with Crippen molar-refractivity contribution in [3.63, 3.8) is 0 Å². The Labute approximate surface area is 151 Å². The first-order valence-electron chi connectivity index (χ1n) is 10.1. The van der Waals surface area contributed by atoms with E-state index in [0.717, 1.165) is 38.6 Å². The summed E-state index contributed by atoms with van der Waals surface area (Å²) in [6, 6.07) is 0. The van der Waals surface area contributed by atoms with Gasteiger partial charge in [-0.2, -0.15) is 0 Å². The first-order chi connectivity index (χ1) is 10.8. The smallest absolute Gasteiger partial charge is 0.133 e. The van der Waals surface area contributed by atoms with Gasteiger partial charge in [-0.25, -0.2) is 0 Å². The Bertz CT molecular complexity index is 443. The molecule has 0 aromatic heterocycles. The van der Waals surface area contributed by atoms with Crippen LogP contribution in [-0.4, -0.2) is 17.9 Å². The minimum Gasteiger partial charge on any atom is -0.311 e. The normalized spacial score (nSPS) is 41.0. The number of nitrogens with one attached hydrogen (secondary N) is 1. The van der Waals surface area contributed by atoms with Crippen molar-refractivity contribution in [2.24, 2.45) is 22.2 Å².